The van der Waals surface area contributed by atoms with Crippen molar-refractivity contribution in [2.45, 2.75) is 52.0 Å². The zero-order valence-electron chi connectivity index (χ0n) is 12.1. The molecule has 0 aromatic heterocycles. The van der Waals surface area contributed by atoms with Gasteiger partial charge in [-0.15, -0.1) is 0 Å². The Hall–Kier alpha value is -1.51. The largest absolute Gasteiger partial charge is 0.338 e. The summed E-state index contributed by atoms with van der Waals surface area (Å²) in [5, 5.41) is 5.99. The normalized spacial score (nSPS) is 11.9. The zero-order chi connectivity index (χ0) is 13.9. The third-order valence-corrected chi connectivity index (χ3v) is 3.15. The third kappa shape index (κ3) is 6.27. The van der Waals surface area contributed by atoms with Crippen LogP contribution in [0.2, 0.25) is 0 Å². The van der Waals surface area contributed by atoms with Gasteiger partial charge in [-0.3, -0.25) is 0 Å². The molecule has 0 radical (unpaired) electrons. The van der Waals surface area contributed by atoms with Crippen LogP contribution in [0.3, 0.4) is 0 Å². The number of urea groups is 1. The molecule has 0 aliphatic carbocycles. The molecule has 0 spiro atoms. The SMILES string of the molecule is CCCCCNC(=O)NC(CCC)c1ccccc1. The zero-order valence-corrected chi connectivity index (χ0v) is 12.1. The average Bonchev–Trinajstić information content (AvgIpc) is 2.44. The molecule has 1 aromatic rings. The molecule has 0 fully saturated rings. The molecule has 2 N–H and O–H groups in total. The first-order valence-electron chi connectivity index (χ1n) is 7.37. The maximum Gasteiger partial charge on any atom is 0.315 e. The second-order valence-corrected chi connectivity index (χ2v) is 4.86. The molecule has 1 unspecified atom stereocenters. The first-order chi connectivity index (χ1) is 9.27. The van der Waals surface area contributed by atoms with E-state index in [1.807, 2.05) is 18.2 Å². The second kappa shape index (κ2) is 9.42. The Morgan fingerprint density at radius 1 is 1.11 bits per heavy atom. The minimum absolute atomic E-state index is 0.0570. The number of unbranched alkanes of at least 4 members (excludes halogenated alkanes) is 2. The van der Waals surface area contributed by atoms with Gasteiger partial charge in [0.05, 0.1) is 6.04 Å². The lowest BCUT2D eigenvalue weighted by atomic mass is 10.0. The van der Waals surface area contributed by atoms with Gasteiger partial charge in [-0.2, -0.15) is 0 Å². The van der Waals surface area contributed by atoms with Gasteiger partial charge in [-0.25, -0.2) is 4.79 Å². The van der Waals surface area contributed by atoms with Crippen LogP contribution in [0.4, 0.5) is 4.79 Å². The molecule has 0 saturated carbocycles. The van der Waals surface area contributed by atoms with Gasteiger partial charge in [0, 0.05) is 6.54 Å². The highest BCUT2D eigenvalue weighted by Crippen LogP contribution is 2.17. The van der Waals surface area contributed by atoms with Crippen LogP contribution in [0, 0.1) is 0 Å². The summed E-state index contributed by atoms with van der Waals surface area (Å²) >= 11 is 0. The quantitative estimate of drug-likeness (QED) is 0.683. The van der Waals surface area contributed by atoms with Crippen LogP contribution in [-0.4, -0.2) is 12.6 Å². The lowest BCUT2D eigenvalue weighted by molar-refractivity contribution is 0.236. The molecule has 1 atom stereocenters. The van der Waals surface area contributed by atoms with Crippen LogP contribution in [0.5, 0.6) is 0 Å². The molecule has 1 rings (SSSR count). The van der Waals surface area contributed by atoms with Crippen molar-refractivity contribution >= 4 is 6.03 Å². The van der Waals surface area contributed by atoms with Crippen molar-refractivity contribution in [3.8, 4) is 0 Å². The smallest absolute Gasteiger partial charge is 0.315 e. The highest BCUT2D eigenvalue weighted by atomic mass is 16.2. The monoisotopic (exact) mass is 262 g/mol. The summed E-state index contributed by atoms with van der Waals surface area (Å²) in [5.74, 6) is 0. The van der Waals surface area contributed by atoms with E-state index in [0.29, 0.717) is 0 Å². The number of benzene rings is 1. The van der Waals surface area contributed by atoms with Gasteiger partial charge in [0.25, 0.3) is 0 Å². The molecule has 3 nitrogen and oxygen atoms in total. The van der Waals surface area contributed by atoms with Crippen molar-refractivity contribution in [2.75, 3.05) is 6.54 Å². The van der Waals surface area contributed by atoms with E-state index in [1.54, 1.807) is 0 Å². The topological polar surface area (TPSA) is 41.1 Å². The maximum atomic E-state index is 11.8. The Kier molecular flexibility index (Phi) is 7.71. The number of hydrogen-bond donors (Lipinski definition) is 2. The molecule has 0 aliphatic rings. The van der Waals surface area contributed by atoms with E-state index in [0.717, 1.165) is 32.2 Å². The summed E-state index contributed by atoms with van der Waals surface area (Å²) in [6.45, 7) is 5.05. The van der Waals surface area contributed by atoms with Crippen LogP contribution < -0.4 is 10.6 Å². The van der Waals surface area contributed by atoms with Crippen molar-refractivity contribution < 1.29 is 4.79 Å². The number of hydrogen-bond acceptors (Lipinski definition) is 1. The van der Waals surface area contributed by atoms with Crippen molar-refractivity contribution in [2.24, 2.45) is 0 Å². The molecule has 0 aliphatic heterocycles. The Morgan fingerprint density at radius 3 is 2.47 bits per heavy atom. The summed E-state index contributed by atoms with van der Waals surface area (Å²) < 4.78 is 0. The van der Waals surface area contributed by atoms with E-state index in [2.05, 4.69) is 36.6 Å². The summed E-state index contributed by atoms with van der Waals surface area (Å²) in [5.41, 5.74) is 1.17. The first-order valence-corrected chi connectivity index (χ1v) is 7.37. The molecular weight excluding hydrogens is 236 g/mol. The van der Waals surface area contributed by atoms with Crippen LogP contribution >= 0.6 is 0 Å². The highest BCUT2D eigenvalue weighted by molar-refractivity contribution is 5.74. The summed E-state index contributed by atoms with van der Waals surface area (Å²) in [6.07, 6.45) is 5.40. The summed E-state index contributed by atoms with van der Waals surface area (Å²) in [6, 6.07) is 10.2. The fourth-order valence-corrected chi connectivity index (χ4v) is 2.08. The van der Waals surface area contributed by atoms with E-state index in [-0.39, 0.29) is 12.1 Å². The molecule has 0 heterocycles. The summed E-state index contributed by atoms with van der Waals surface area (Å²) in [7, 11) is 0. The van der Waals surface area contributed by atoms with Crippen molar-refractivity contribution in [1.29, 1.82) is 0 Å². The van der Waals surface area contributed by atoms with Gasteiger partial charge < -0.3 is 10.6 Å². The van der Waals surface area contributed by atoms with Crippen molar-refractivity contribution in [3.63, 3.8) is 0 Å². The summed E-state index contributed by atoms with van der Waals surface area (Å²) in [4.78, 5) is 11.8. The number of amides is 2. The second-order valence-electron chi connectivity index (χ2n) is 4.86. The number of nitrogens with one attached hydrogen (secondary N) is 2. The average molecular weight is 262 g/mol. The Bertz CT molecular complexity index is 351. The Morgan fingerprint density at radius 2 is 1.84 bits per heavy atom. The van der Waals surface area contributed by atoms with E-state index in [9.17, 15) is 4.79 Å². The molecule has 0 saturated heterocycles. The predicted molar refractivity (Wildman–Crippen MR) is 80.2 cm³/mol. The van der Waals surface area contributed by atoms with E-state index in [4.69, 9.17) is 0 Å². The molecule has 106 valence electrons. The van der Waals surface area contributed by atoms with Gasteiger partial charge in [-0.1, -0.05) is 63.4 Å². The number of rotatable bonds is 8. The lowest BCUT2D eigenvalue weighted by Crippen LogP contribution is -2.38. The van der Waals surface area contributed by atoms with E-state index < -0.39 is 0 Å². The predicted octanol–water partition coefficient (Wildman–Crippen LogP) is 4.02. The van der Waals surface area contributed by atoms with Gasteiger partial charge in [0.2, 0.25) is 0 Å². The van der Waals surface area contributed by atoms with Gasteiger partial charge in [0.15, 0.2) is 0 Å². The van der Waals surface area contributed by atoms with Crippen LogP contribution in [0.25, 0.3) is 0 Å². The lowest BCUT2D eigenvalue weighted by Gasteiger charge is -2.19. The van der Waals surface area contributed by atoms with Crippen molar-refractivity contribution in [1.82, 2.24) is 10.6 Å². The minimum Gasteiger partial charge on any atom is -0.338 e. The van der Waals surface area contributed by atoms with Crippen LogP contribution in [0.1, 0.15) is 57.6 Å². The van der Waals surface area contributed by atoms with Crippen molar-refractivity contribution in [3.05, 3.63) is 35.9 Å². The molecular formula is C16H26N2O. The molecule has 1 aromatic carbocycles. The molecule has 0 bridgehead atoms. The van der Waals surface area contributed by atoms with Crippen LogP contribution in [0.15, 0.2) is 30.3 Å². The van der Waals surface area contributed by atoms with Gasteiger partial charge in [0.1, 0.15) is 0 Å². The highest BCUT2D eigenvalue weighted by Gasteiger charge is 2.12. The number of carbonyl (C=O) groups is 1. The number of carbonyl (C=O) groups excluding carboxylic acids is 1. The first kappa shape index (κ1) is 15.5. The molecule has 3 heteroatoms. The Labute approximate surface area is 116 Å². The van der Waals surface area contributed by atoms with Crippen LogP contribution in [-0.2, 0) is 0 Å². The van der Waals surface area contributed by atoms with E-state index >= 15 is 0 Å². The fraction of sp³-hybridized carbons (Fsp3) is 0.562. The minimum atomic E-state index is -0.0570. The third-order valence-electron chi connectivity index (χ3n) is 3.15. The molecule has 2 amide bonds. The maximum absolute atomic E-state index is 11.8. The van der Waals surface area contributed by atoms with Gasteiger partial charge in [-0.05, 0) is 18.4 Å². The standard InChI is InChI=1S/C16H26N2O/c1-3-5-9-13-17-16(19)18-15(10-4-2)14-11-7-6-8-12-14/h6-8,11-12,15H,3-5,9-10,13H2,1-2H3,(H2,17,18,19). The van der Waals surface area contributed by atoms with E-state index in [1.165, 1.54) is 12.0 Å². The molecule has 19 heavy (non-hydrogen) atoms. The van der Waals surface area contributed by atoms with Gasteiger partial charge >= 0.3 is 6.03 Å². The fourth-order valence-electron chi connectivity index (χ4n) is 2.08. The Balaban J connectivity index is 2.43.